The van der Waals surface area contributed by atoms with Crippen molar-refractivity contribution in [3.05, 3.63) is 35.4 Å². The van der Waals surface area contributed by atoms with Gasteiger partial charge >= 0.3 is 0 Å². The predicted octanol–water partition coefficient (Wildman–Crippen LogP) is 2.72. The number of benzene rings is 1. The van der Waals surface area contributed by atoms with Crippen LogP contribution in [0, 0.1) is 17.6 Å². The molecule has 1 rings (SSSR count). The highest BCUT2D eigenvalue weighted by Gasteiger charge is 2.10. The quantitative estimate of drug-likeness (QED) is 0.644. The summed E-state index contributed by atoms with van der Waals surface area (Å²) in [7, 11) is 1.69. The van der Waals surface area contributed by atoms with E-state index in [4.69, 9.17) is 0 Å². The molecule has 1 atom stereocenters. The standard InChI is InChI=1S/C15H23F2N3/c1-10(2)11(3)20-15(18-4)19-9-8-12-6-5-7-13(16)14(12)17/h5-7,10-11H,8-9H2,1-4H3,(H2,18,19,20). The van der Waals surface area contributed by atoms with E-state index in [0.717, 1.165) is 6.07 Å². The first kappa shape index (κ1) is 16.4. The average molecular weight is 283 g/mol. The summed E-state index contributed by atoms with van der Waals surface area (Å²) in [6.07, 6.45) is 0.403. The fourth-order valence-electron chi connectivity index (χ4n) is 1.63. The van der Waals surface area contributed by atoms with Crippen LogP contribution in [0.5, 0.6) is 0 Å². The Bertz CT molecular complexity index is 458. The smallest absolute Gasteiger partial charge is 0.191 e. The predicted molar refractivity (Wildman–Crippen MR) is 78.9 cm³/mol. The van der Waals surface area contributed by atoms with E-state index in [-0.39, 0.29) is 6.04 Å². The van der Waals surface area contributed by atoms with Crippen molar-refractivity contribution in [3.63, 3.8) is 0 Å². The third-order valence-corrected chi connectivity index (χ3v) is 3.31. The van der Waals surface area contributed by atoms with Crippen LogP contribution in [-0.4, -0.2) is 25.6 Å². The Morgan fingerprint density at radius 3 is 2.55 bits per heavy atom. The fourth-order valence-corrected chi connectivity index (χ4v) is 1.63. The zero-order chi connectivity index (χ0) is 15.1. The summed E-state index contributed by atoms with van der Waals surface area (Å²) in [6, 6.07) is 4.51. The Balaban J connectivity index is 2.48. The molecule has 0 radical (unpaired) electrons. The minimum absolute atomic E-state index is 0.284. The number of rotatable bonds is 5. The number of nitrogens with zero attached hydrogens (tertiary/aromatic N) is 1. The maximum atomic E-state index is 13.5. The highest BCUT2D eigenvalue weighted by atomic mass is 19.2. The first-order chi connectivity index (χ1) is 9.45. The van der Waals surface area contributed by atoms with Crippen LogP contribution < -0.4 is 10.6 Å². The fraction of sp³-hybridized carbons (Fsp3) is 0.533. The summed E-state index contributed by atoms with van der Waals surface area (Å²) in [5.41, 5.74) is 0.366. The summed E-state index contributed by atoms with van der Waals surface area (Å²) < 4.78 is 26.5. The molecule has 0 aliphatic rings. The lowest BCUT2D eigenvalue weighted by Gasteiger charge is -2.20. The SMILES string of the molecule is CN=C(NCCc1cccc(F)c1F)NC(C)C(C)C. The molecule has 0 saturated heterocycles. The van der Waals surface area contributed by atoms with Gasteiger partial charge in [-0.2, -0.15) is 0 Å². The molecule has 0 saturated carbocycles. The molecule has 0 amide bonds. The summed E-state index contributed by atoms with van der Waals surface area (Å²) in [6.45, 7) is 6.80. The van der Waals surface area contributed by atoms with Crippen molar-refractivity contribution < 1.29 is 8.78 Å². The first-order valence-corrected chi connectivity index (χ1v) is 6.85. The highest BCUT2D eigenvalue weighted by Crippen LogP contribution is 2.11. The van der Waals surface area contributed by atoms with Crippen LogP contribution in [0.25, 0.3) is 0 Å². The molecule has 3 nitrogen and oxygen atoms in total. The monoisotopic (exact) mass is 283 g/mol. The third-order valence-electron chi connectivity index (χ3n) is 3.31. The largest absolute Gasteiger partial charge is 0.356 e. The molecule has 1 aromatic rings. The maximum Gasteiger partial charge on any atom is 0.191 e. The van der Waals surface area contributed by atoms with Crippen molar-refractivity contribution in [2.75, 3.05) is 13.6 Å². The van der Waals surface area contributed by atoms with Crippen LogP contribution in [0.3, 0.4) is 0 Å². The van der Waals surface area contributed by atoms with Gasteiger partial charge in [-0.25, -0.2) is 8.78 Å². The van der Waals surface area contributed by atoms with Gasteiger partial charge in [-0.05, 0) is 30.9 Å². The number of nitrogens with one attached hydrogen (secondary N) is 2. The van der Waals surface area contributed by atoms with Gasteiger partial charge in [0.1, 0.15) is 0 Å². The van der Waals surface area contributed by atoms with Crippen molar-refractivity contribution >= 4 is 5.96 Å². The summed E-state index contributed by atoms with van der Waals surface area (Å²) in [5, 5.41) is 6.35. The van der Waals surface area contributed by atoms with Crippen LogP contribution in [0.15, 0.2) is 23.2 Å². The zero-order valence-electron chi connectivity index (χ0n) is 12.5. The third kappa shape index (κ3) is 4.79. The van der Waals surface area contributed by atoms with Gasteiger partial charge in [0.15, 0.2) is 17.6 Å². The number of hydrogen-bond acceptors (Lipinski definition) is 1. The van der Waals surface area contributed by atoms with Gasteiger partial charge in [-0.1, -0.05) is 26.0 Å². The molecule has 0 fully saturated rings. The van der Waals surface area contributed by atoms with Gasteiger partial charge in [0, 0.05) is 19.6 Å². The van der Waals surface area contributed by atoms with E-state index in [1.54, 1.807) is 13.1 Å². The molecule has 2 N–H and O–H groups in total. The first-order valence-electron chi connectivity index (χ1n) is 6.85. The van der Waals surface area contributed by atoms with Gasteiger partial charge in [-0.3, -0.25) is 4.99 Å². The Labute approximate surface area is 119 Å². The van der Waals surface area contributed by atoms with E-state index in [2.05, 4.69) is 36.4 Å². The topological polar surface area (TPSA) is 36.4 Å². The summed E-state index contributed by atoms with van der Waals surface area (Å²) >= 11 is 0. The van der Waals surface area contributed by atoms with Crippen LogP contribution in [0.4, 0.5) is 8.78 Å². The molecule has 0 bridgehead atoms. The zero-order valence-corrected chi connectivity index (χ0v) is 12.5. The van der Waals surface area contributed by atoms with Crippen LogP contribution in [-0.2, 0) is 6.42 Å². The molecule has 0 heterocycles. The molecule has 5 heteroatoms. The Morgan fingerprint density at radius 2 is 1.95 bits per heavy atom. The Morgan fingerprint density at radius 1 is 1.25 bits per heavy atom. The van der Waals surface area contributed by atoms with Crippen molar-refractivity contribution in [3.8, 4) is 0 Å². The van der Waals surface area contributed by atoms with Gasteiger partial charge in [-0.15, -0.1) is 0 Å². The van der Waals surface area contributed by atoms with Crippen LogP contribution >= 0.6 is 0 Å². The molecule has 0 aliphatic heterocycles. The van der Waals surface area contributed by atoms with Crippen LogP contribution in [0.2, 0.25) is 0 Å². The number of guanidine groups is 1. The highest BCUT2D eigenvalue weighted by molar-refractivity contribution is 5.79. The van der Waals surface area contributed by atoms with Gasteiger partial charge in [0.25, 0.3) is 0 Å². The second-order valence-electron chi connectivity index (χ2n) is 5.14. The van der Waals surface area contributed by atoms with E-state index < -0.39 is 11.6 Å². The Kier molecular flexibility index (Phi) is 6.42. The van der Waals surface area contributed by atoms with E-state index in [1.807, 2.05) is 0 Å². The van der Waals surface area contributed by atoms with Crippen molar-refractivity contribution in [2.24, 2.45) is 10.9 Å². The van der Waals surface area contributed by atoms with Crippen molar-refractivity contribution in [2.45, 2.75) is 33.2 Å². The molecule has 20 heavy (non-hydrogen) atoms. The molecule has 1 aromatic carbocycles. The second kappa shape index (κ2) is 7.82. The Hall–Kier alpha value is -1.65. The normalized spacial score (nSPS) is 13.4. The number of halogens is 2. The molecular formula is C15H23F2N3. The van der Waals surface area contributed by atoms with Crippen molar-refractivity contribution in [1.82, 2.24) is 10.6 Å². The lowest BCUT2D eigenvalue weighted by molar-refractivity contribution is 0.480. The molecule has 1 unspecified atom stereocenters. The number of hydrogen-bond donors (Lipinski definition) is 2. The minimum atomic E-state index is -0.807. The molecular weight excluding hydrogens is 260 g/mol. The maximum absolute atomic E-state index is 13.5. The molecule has 0 aliphatic carbocycles. The molecule has 112 valence electrons. The van der Waals surface area contributed by atoms with E-state index >= 15 is 0 Å². The van der Waals surface area contributed by atoms with Crippen molar-refractivity contribution in [1.29, 1.82) is 0 Å². The number of aliphatic imine (C=N–C) groups is 1. The lowest BCUT2D eigenvalue weighted by atomic mass is 10.1. The van der Waals surface area contributed by atoms with E-state index in [0.29, 0.717) is 30.4 Å². The lowest BCUT2D eigenvalue weighted by Crippen LogP contribution is -2.44. The van der Waals surface area contributed by atoms with E-state index in [1.165, 1.54) is 6.07 Å². The second-order valence-corrected chi connectivity index (χ2v) is 5.14. The van der Waals surface area contributed by atoms with E-state index in [9.17, 15) is 8.78 Å². The van der Waals surface area contributed by atoms with Gasteiger partial charge in [0.2, 0.25) is 0 Å². The van der Waals surface area contributed by atoms with Gasteiger partial charge < -0.3 is 10.6 Å². The van der Waals surface area contributed by atoms with Gasteiger partial charge in [0.05, 0.1) is 0 Å². The minimum Gasteiger partial charge on any atom is -0.356 e. The summed E-state index contributed by atoms with van der Waals surface area (Å²) in [5.74, 6) is -0.427. The van der Waals surface area contributed by atoms with Crippen LogP contribution in [0.1, 0.15) is 26.3 Å². The molecule has 0 aromatic heterocycles. The average Bonchev–Trinajstić information content (AvgIpc) is 2.41. The molecule has 0 spiro atoms. The summed E-state index contributed by atoms with van der Waals surface area (Å²) in [4.78, 5) is 4.11.